The van der Waals surface area contributed by atoms with Crippen LogP contribution in [-0.4, -0.2) is 18.7 Å². The van der Waals surface area contributed by atoms with Gasteiger partial charge in [-0.25, -0.2) is 13.1 Å². The van der Waals surface area contributed by atoms with Crippen molar-refractivity contribution in [1.82, 2.24) is 4.72 Å². The Morgan fingerprint density at radius 3 is 2.71 bits per heavy atom. The normalized spacial score (nSPS) is 13.5. The van der Waals surface area contributed by atoms with E-state index in [1.807, 2.05) is 0 Å². The van der Waals surface area contributed by atoms with Crippen LogP contribution in [0, 0.1) is 0 Å². The van der Waals surface area contributed by atoms with E-state index >= 15 is 0 Å². The fraction of sp³-hybridized carbons (Fsp3) is 0.444. The summed E-state index contributed by atoms with van der Waals surface area (Å²) in [5.74, 6) is 0. The average Bonchev–Trinajstić information content (AvgIpc) is 2.61. The summed E-state index contributed by atoms with van der Waals surface area (Å²) in [5, 5.41) is -0.826. The Hall–Kier alpha value is -0.210. The van der Waals surface area contributed by atoms with Gasteiger partial charge in [0.25, 0.3) is 0 Å². The molecule has 1 aromatic heterocycles. The maximum absolute atomic E-state index is 11.9. The highest BCUT2D eigenvalue weighted by atomic mass is 35.5. The van der Waals surface area contributed by atoms with Crippen molar-refractivity contribution < 1.29 is 8.42 Å². The summed E-state index contributed by atoms with van der Waals surface area (Å²) >= 11 is 11.8. The zero-order valence-corrected chi connectivity index (χ0v) is 12.3. The molecule has 4 nitrogen and oxygen atoms in total. The Bertz CT molecular complexity index is 498. The molecule has 0 spiro atoms. The van der Waals surface area contributed by atoms with Crippen LogP contribution in [0.2, 0.25) is 4.34 Å². The fourth-order valence-corrected chi connectivity index (χ4v) is 4.26. The Balaban J connectivity index is 2.70. The maximum atomic E-state index is 11.9. The molecule has 1 atom stereocenters. The second-order valence-electron chi connectivity index (χ2n) is 3.37. The van der Waals surface area contributed by atoms with Crippen molar-refractivity contribution in [2.75, 3.05) is 0 Å². The molecule has 17 heavy (non-hydrogen) atoms. The van der Waals surface area contributed by atoms with Gasteiger partial charge >= 0.3 is 0 Å². The molecule has 0 aliphatic heterocycles. The molecule has 0 bridgehead atoms. The van der Waals surface area contributed by atoms with E-state index in [0.717, 1.165) is 4.88 Å². The predicted molar refractivity (Wildman–Crippen MR) is 76.0 cm³/mol. The first-order valence-corrected chi connectivity index (χ1v) is 8.03. The standard InChI is InChI=1S/C9H13ClN2O2S3/c1-2-7(9(11)15)17(13,14)12-5-6-3-4-8(10)16-6/h3-4,7,12H,2,5H2,1H3,(H2,11,15). The molecular formula is C9H13ClN2O2S3. The zero-order valence-electron chi connectivity index (χ0n) is 9.14. The first-order valence-electron chi connectivity index (χ1n) is 4.89. The number of thiocarbonyl (C=S) groups is 1. The third-order valence-electron chi connectivity index (χ3n) is 2.14. The largest absolute Gasteiger partial charge is 0.392 e. The van der Waals surface area contributed by atoms with Gasteiger partial charge in [-0.15, -0.1) is 11.3 Å². The molecule has 1 aromatic rings. The lowest BCUT2D eigenvalue weighted by Gasteiger charge is -2.14. The summed E-state index contributed by atoms with van der Waals surface area (Å²) in [7, 11) is -3.51. The van der Waals surface area contributed by atoms with E-state index in [4.69, 9.17) is 29.6 Å². The quantitative estimate of drug-likeness (QED) is 0.787. The van der Waals surface area contributed by atoms with Gasteiger partial charge in [-0.3, -0.25) is 0 Å². The lowest BCUT2D eigenvalue weighted by atomic mass is 10.3. The fourth-order valence-electron chi connectivity index (χ4n) is 1.29. The van der Waals surface area contributed by atoms with E-state index in [1.165, 1.54) is 11.3 Å². The summed E-state index contributed by atoms with van der Waals surface area (Å²) in [6.07, 6.45) is 0.357. The number of hydrogen-bond donors (Lipinski definition) is 2. The Morgan fingerprint density at radius 1 is 1.65 bits per heavy atom. The molecule has 0 aliphatic rings. The van der Waals surface area contributed by atoms with E-state index in [-0.39, 0.29) is 11.5 Å². The average molecular weight is 313 g/mol. The van der Waals surface area contributed by atoms with Crippen molar-refractivity contribution in [3.8, 4) is 0 Å². The molecule has 8 heteroatoms. The topological polar surface area (TPSA) is 72.2 Å². The van der Waals surface area contributed by atoms with Gasteiger partial charge in [0.1, 0.15) is 5.25 Å². The van der Waals surface area contributed by atoms with Gasteiger partial charge in [-0.1, -0.05) is 30.7 Å². The van der Waals surface area contributed by atoms with Crippen LogP contribution >= 0.6 is 35.2 Å². The van der Waals surface area contributed by atoms with Crippen molar-refractivity contribution in [1.29, 1.82) is 0 Å². The zero-order chi connectivity index (χ0) is 13.1. The molecule has 0 aliphatic carbocycles. The second-order valence-corrected chi connectivity index (χ2v) is 7.59. The minimum Gasteiger partial charge on any atom is -0.392 e. The Kier molecular flexibility index (Phi) is 5.33. The molecular weight excluding hydrogens is 300 g/mol. The van der Waals surface area contributed by atoms with E-state index in [1.54, 1.807) is 19.1 Å². The molecule has 0 radical (unpaired) electrons. The smallest absolute Gasteiger partial charge is 0.221 e. The minimum atomic E-state index is -3.51. The lowest BCUT2D eigenvalue weighted by Crippen LogP contribution is -2.41. The number of nitrogens with two attached hydrogens (primary N) is 1. The third-order valence-corrected chi connectivity index (χ3v) is 5.69. The van der Waals surface area contributed by atoms with Gasteiger partial charge in [-0.05, 0) is 18.6 Å². The van der Waals surface area contributed by atoms with E-state index in [0.29, 0.717) is 10.8 Å². The van der Waals surface area contributed by atoms with Gasteiger partial charge in [0.05, 0.1) is 9.32 Å². The van der Waals surface area contributed by atoms with Crippen LogP contribution in [0.3, 0.4) is 0 Å². The number of halogens is 1. The summed E-state index contributed by atoms with van der Waals surface area (Å²) in [5.41, 5.74) is 5.40. The van der Waals surface area contributed by atoms with Gasteiger partial charge in [0, 0.05) is 11.4 Å². The monoisotopic (exact) mass is 312 g/mol. The van der Waals surface area contributed by atoms with E-state index in [9.17, 15) is 8.42 Å². The number of nitrogens with one attached hydrogen (secondary N) is 1. The number of hydrogen-bond acceptors (Lipinski definition) is 4. The van der Waals surface area contributed by atoms with Crippen LogP contribution in [0.4, 0.5) is 0 Å². The van der Waals surface area contributed by atoms with E-state index < -0.39 is 15.3 Å². The van der Waals surface area contributed by atoms with Crippen LogP contribution in [0.15, 0.2) is 12.1 Å². The molecule has 1 unspecified atom stereocenters. The van der Waals surface area contributed by atoms with Crippen molar-refractivity contribution in [3.63, 3.8) is 0 Å². The SMILES string of the molecule is CCC(C(N)=S)S(=O)(=O)NCc1ccc(Cl)s1. The number of sulfonamides is 1. The molecule has 96 valence electrons. The number of thiophene rings is 1. The van der Waals surface area contributed by atoms with Crippen LogP contribution in [-0.2, 0) is 16.6 Å². The first-order chi connectivity index (χ1) is 7.86. The van der Waals surface area contributed by atoms with Crippen molar-refractivity contribution in [2.24, 2.45) is 5.73 Å². The third kappa shape index (κ3) is 4.18. The van der Waals surface area contributed by atoms with Crippen molar-refractivity contribution >= 4 is 50.2 Å². The van der Waals surface area contributed by atoms with Crippen LogP contribution in [0.25, 0.3) is 0 Å². The summed E-state index contributed by atoms with van der Waals surface area (Å²) in [4.78, 5) is 0.834. The Labute approximate surface area is 115 Å². The summed E-state index contributed by atoms with van der Waals surface area (Å²) in [6, 6.07) is 3.50. The number of rotatable bonds is 6. The molecule has 0 saturated carbocycles. The maximum Gasteiger partial charge on any atom is 0.221 e. The highest BCUT2D eigenvalue weighted by molar-refractivity contribution is 7.93. The molecule has 1 rings (SSSR count). The van der Waals surface area contributed by atoms with Crippen molar-refractivity contribution in [3.05, 3.63) is 21.3 Å². The van der Waals surface area contributed by atoms with Crippen LogP contribution in [0.5, 0.6) is 0 Å². The van der Waals surface area contributed by atoms with Gasteiger partial charge in [0.15, 0.2) is 0 Å². The molecule has 0 saturated heterocycles. The van der Waals surface area contributed by atoms with Gasteiger partial charge in [-0.2, -0.15) is 0 Å². The van der Waals surface area contributed by atoms with Gasteiger partial charge in [0.2, 0.25) is 10.0 Å². The molecule has 1 heterocycles. The van der Waals surface area contributed by atoms with Crippen LogP contribution < -0.4 is 10.5 Å². The molecule has 0 fully saturated rings. The highest BCUT2D eigenvalue weighted by Gasteiger charge is 2.25. The summed E-state index contributed by atoms with van der Waals surface area (Å²) < 4.78 is 26.9. The highest BCUT2D eigenvalue weighted by Crippen LogP contribution is 2.21. The van der Waals surface area contributed by atoms with E-state index in [2.05, 4.69) is 4.72 Å². The van der Waals surface area contributed by atoms with Crippen molar-refractivity contribution in [2.45, 2.75) is 25.1 Å². The Morgan fingerprint density at radius 2 is 2.29 bits per heavy atom. The summed E-state index contributed by atoms with van der Waals surface area (Å²) in [6.45, 7) is 1.93. The van der Waals surface area contributed by atoms with Crippen LogP contribution in [0.1, 0.15) is 18.2 Å². The molecule has 0 amide bonds. The first kappa shape index (κ1) is 14.8. The predicted octanol–water partition coefficient (Wildman–Crippen LogP) is 1.89. The molecule has 3 N–H and O–H groups in total. The minimum absolute atomic E-state index is 0.00999. The molecule has 0 aromatic carbocycles. The second kappa shape index (κ2) is 6.10. The lowest BCUT2D eigenvalue weighted by molar-refractivity contribution is 0.574. The van der Waals surface area contributed by atoms with Gasteiger partial charge < -0.3 is 5.73 Å².